The number of alkyl halides is 3. The van der Waals surface area contributed by atoms with Crippen LogP contribution in [0.2, 0.25) is 5.02 Å². The summed E-state index contributed by atoms with van der Waals surface area (Å²) in [5.74, 6) is -0.418. The Morgan fingerprint density at radius 2 is 2.00 bits per heavy atom. The molecule has 1 N–H and O–H groups in total. The van der Waals surface area contributed by atoms with Crippen molar-refractivity contribution >= 4 is 11.6 Å². The first-order chi connectivity index (χ1) is 14.7. The molecule has 2 aromatic heterocycles. The summed E-state index contributed by atoms with van der Waals surface area (Å²) in [4.78, 5) is 17.9. The molecule has 0 atom stereocenters. The van der Waals surface area contributed by atoms with Crippen LogP contribution in [0.15, 0.2) is 31.9 Å². The second kappa shape index (κ2) is 8.41. The molecule has 3 aromatic rings. The fourth-order valence-electron chi connectivity index (χ4n) is 3.70. The van der Waals surface area contributed by atoms with E-state index in [0.717, 1.165) is 0 Å². The minimum absolute atomic E-state index is 0.0864. The topological polar surface area (TPSA) is 94.2 Å². The minimum Gasteiger partial charge on any atom is -0.486 e. The van der Waals surface area contributed by atoms with Crippen LogP contribution in [-0.2, 0) is 6.61 Å². The summed E-state index contributed by atoms with van der Waals surface area (Å²) in [5.41, 5.74) is 1.11. The zero-order valence-corrected chi connectivity index (χ0v) is 17.2. The van der Waals surface area contributed by atoms with Crippen LogP contribution in [-0.4, -0.2) is 21.3 Å². The Kier molecular flexibility index (Phi) is 5.83. The smallest absolute Gasteiger partial charge is 0.439 e. The van der Waals surface area contributed by atoms with Crippen molar-refractivity contribution in [2.75, 3.05) is 0 Å². The molecule has 0 saturated heterocycles. The van der Waals surface area contributed by atoms with Crippen LogP contribution < -0.4 is 10.5 Å². The van der Waals surface area contributed by atoms with Gasteiger partial charge in [-0.25, -0.2) is 9.78 Å². The summed E-state index contributed by atoms with van der Waals surface area (Å²) >= 11 is 6.24. The molecule has 0 bridgehead atoms. The van der Waals surface area contributed by atoms with Gasteiger partial charge in [0.2, 0.25) is 0 Å². The Bertz CT molecular complexity index is 1110. The molecule has 2 heterocycles. The average molecular weight is 458 g/mol. The molecule has 11 heteroatoms. The van der Waals surface area contributed by atoms with Crippen molar-refractivity contribution in [1.29, 1.82) is 0 Å². The molecule has 1 aliphatic rings. The Labute approximate surface area is 179 Å². The van der Waals surface area contributed by atoms with E-state index in [1.165, 1.54) is 0 Å². The quantitative estimate of drug-likeness (QED) is 0.551. The highest BCUT2D eigenvalue weighted by Gasteiger charge is 2.42. The lowest BCUT2D eigenvalue weighted by Gasteiger charge is -2.28. The summed E-state index contributed by atoms with van der Waals surface area (Å²) in [6.45, 7) is 1.86. The van der Waals surface area contributed by atoms with Crippen LogP contribution in [0.1, 0.15) is 48.9 Å². The SMILES string of the molecule is Cc1nc([C@H]2CC[C@@H](C(F)(F)F)CC2)oc1COc1ccc(-c2noc(=O)[nH]2)c(Cl)c1. The van der Waals surface area contributed by atoms with E-state index in [-0.39, 0.29) is 31.2 Å². The van der Waals surface area contributed by atoms with Crippen LogP contribution in [0.5, 0.6) is 5.75 Å². The maximum absolute atomic E-state index is 12.9. The van der Waals surface area contributed by atoms with Crippen molar-refractivity contribution in [3.8, 4) is 17.1 Å². The number of benzene rings is 1. The van der Waals surface area contributed by atoms with Crippen LogP contribution >= 0.6 is 11.6 Å². The van der Waals surface area contributed by atoms with Gasteiger partial charge in [-0.1, -0.05) is 16.8 Å². The standard InChI is InChI=1S/C20H19ClF3N3O4/c1-10-16(30-18(25-10)11-2-4-12(5-3-11)20(22,23)24)9-29-13-6-7-14(15(21)8-13)17-26-19(28)31-27-17/h6-8,11-12H,2-5,9H2,1H3,(H,26,27,28)/t11-,12+. The Morgan fingerprint density at radius 3 is 2.61 bits per heavy atom. The van der Waals surface area contributed by atoms with Crippen molar-refractivity contribution in [1.82, 2.24) is 15.1 Å². The molecule has 4 rings (SSSR count). The number of ether oxygens (including phenoxy) is 1. The number of hydrogen-bond donors (Lipinski definition) is 1. The first-order valence-corrected chi connectivity index (χ1v) is 10.1. The molecule has 0 aliphatic heterocycles. The van der Waals surface area contributed by atoms with Gasteiger partial charge in [-0.05, 0) is 50.8 Å². The minimum atomic E-state index is -4.14. The van der Waals surface area contributed by atoms with E-state index < -0.39 is 17.9 Å². The lowest BCUT2D eigenvalue weighted by molar-refractivity contribution is -0.182. The van der Waals surface area contributed by atoms with Crippen LogP contribution in [0.25, 0.3) is 11.4 Å². The van der Waals surface area contributed by atoms with Crippen LogP contribution in [0, 0.1) is 12.8 Å². The van der Waals surface area contributed by atoms with Gasteiger partial charge in [0.15, 0.2) is 17.5 Å². The number of rotatable bonds is 5. The highest BCUT2D eigenvalue weighted by molar-refractivity contribution is 6.33. The molecule has 7 nitrogen and oxygen atoms in total. The molecule has 1 saturated carbocycles. The maximum atomic E-state index is 12.9. The number of halogens is 4. The van der Waals surface area contributed by atoms with Crippen molar-refractivity contribution in [3.05, 3.63) is 51.1 Å². The van der Waals surface area contributed by atoms with Crippen molar-refractivity contribution in [2.24, 2.45) is 5.92 Å². The maximum Gasteiger partial charge on any atom is 0.439 e. The molecule has 0 radical (unpaired) electrons. The van der Waals surface area contributed by atoms with E-state index in [1.807, 2.05) is 0 Å². The molecule has 0 unspecified atom stereocenters. The van der Waals surface area contributed by atoms with Gasteiger partial charge in [-0.15, -0.1) is 0 Å². The lowest BCUT2D eigenvalue weighted by atomic mass is 9.81. The van der Waals surface area contributed by atoms with Gasteiger partial charge in [0.05, 0.1) is 16.6 Å². The summed E-state index contributed by atoms with van der Waals surface area (Å²) in [7, 11) is 0. The monoisotopic (exact) mass is 457 g/mol. The van der Waals surface area contributed by atoms with E-state index in [2.05, 4.69) is 19.6 Å². The van der Waals surface area contributed by atoms with Gasteiger partial charge in [-0.3, -0.25) is 9.51 Å². The van der Waals surface area contributed by atoms with E-state index in [4.69, 9.17) is 20.8 Å². The number of aryl methyl sites for hydroxylation is 1. The third-order valence-corrected chi connectivity index (χ3v) is 5.77. The Hall–Kier alpha value is -2.75. The largest absolute Gasteiger partial charge is 0.486 e. The van der Waals surface area contributed by atoms with E-state index in [0.29, 0.717) is 46.5 Å². The third-order valence-electron chi connectivity index (χ3n) is 5.45. The van der Waals surface area contributed by atoms with Crippen LogP contribution in [0.4, 0.5) is 13.2 Å². The van der Waals surface area contributed by atoms with Gasteiger partial charge >= 0.3 is 11.9 Å². The number of hydrogen-bond acceptors (Lipinski definition) is 6. The van der Waals surface area contributed by atoms with Crippen molar-refractivity contribution < 1.29 is 26.8 Å². The lowest BCUT2D eigenvalue weighted by Crippen LogP contribution is -2.27. The second-order valence-corrected chi connectivity index (χ2v) is 7.93. The Balaban J connectivity index is 1.39. The third kappa shape index (κ3) is 4.79. The van der Waals surface area contributed by atoms with Gasteiger partial charge in [0.25, 0.3) is 0 Å². The molecule has 0 spiro atoms. The zero-order chi connectivity index (χ0) is 22.2. The number of H-pyrrole nitrogens is 1. The Morgan fingerprint density at radius 1 is 1.26 bits per heavy atom. The molecule has 0 amide bonds. The molecular formula is C20H19ClF3N3O4. The molecule has 1 aliphatic carbocycles. The van der Waals surface area contributed by atoms with E-state index in [9.17, 15) is 18.0 Å². The first kappa shape index (κ1) is 21.5. The second-order valence-electron chi connectivity index (χ2n) is 7.52. The normalized spacial score (nSPS) is 19.5. The van der Waals surface area contributed by atoms with Crippen molar-refractivity contribution in [3.63, 3.8) is 0 Å². The highest BCUT2D eigenvalue weighted by atomic mass is 35.5. The van der Waals surface area contributed by atoms with Crippen LogP contribution in [0.3, 0.4) is 0 Å². The van der Waals surface area contributed by atoms with E-state index in [1.54, 1.807) is 25.1 Å². The molecule has 166 valence electrons. The van der Waals surface area contributed by atoms with Gasteiger partial charge in [0, 0.05) is 11.5 Å². The molecule has 1 aromatic carbocycles. The van der Waals surface area contributed by atoms with Gasteiger partial charge < -0.3 is 9.15 Å². The summed E-state index contributed by atoms with van der Waals surface area (Å²) < 4.78 is 54.6. The summed E-state index contributed by atoms with van der Waals surface area (Å²) in [5, 5.41) is 3.90. The zero-order valence-electron chi connectivity index (χ0n) is 16.5. The van der Waals surface area contributed by atoms with Gasteiger partial charge in [0.1, 0.15) is 12.4 Å². The molecule has 1 fully saturated rings. The predicted octanol–water partition coefficient (Wildman–Crippen LogP) is 5.39. The molecular weight excluding hydrogens is 439 g/mol. The number of nitrogens with one attached hydrogen (secondary N) is 1. The van der Waals surface area contributed by atoms with Crippen molar-refractivity contribution in [2.45, 2.75) is 51.3 Å². The van der Waals surface area contributed by atoms with E-state index >= 15 is 0 Å². The average Bonchev–Trinajstić information content (AvgIpc) is 3.31. The number of aromatic nitrogens is 3. The number of nitrogens with zero attached hydrogens (tertiary/aromatic N) is 2. The fraction of sp³-hybridized carbons (Fsp3) is 0.450. The number of aromatic amines is 1. The predicted molar refractivity (Wildman–Crippen MR) is 104 cm³/mol. The fourth-order valence-corrected chi connectivity index (χ4v) is 3.96. The number of oxazole rings is 1. The van der Waals surface area contributed by atoms with Gasteiger partial charge in [-0.2, -0.15) is 13.2 Å². The first-order valence-electron chi connectivity index (χ1n) is 9.72. The summed E-state index contributed by atoms with van der Waals surface area (Å²) in [6.07, 6.45) is -3.18. The summed E-state index contributed by atoms with van der Waals surface area (Å²) in [6, 6.07) is 4.84. The molecule has 31 heavy (non-hydrogen) atoms. The highest BCUT2D eigenvalue weighted by Crippen LogP contribution is 2.43.